The van der Waals surface area contributed by atoms with E-state index in [0.717, 1.165) is 23.2 Å². The van der Waals surface area contributed by atoms with E-state index in [1.807, 2.05) is 0 Å². The number of likely N-dealkylation sites (tertiary alicyclic amines) is 1. The molecule has 0 aliphatic carbocycles. The fraction of sp³-hybridized carbons (Fsp3) is 0.391. The Labute approximate surface area is 203 Å². The maximum absolute atomic E-state index is 14.5. The Morgan fingerprint density at radius 3 is 2.47 bits per heavy atom. The molecule has 0 radical (unpaired) electrons. The lowest BCUT2D eigenvalue weighted by Gasteiger charge is -2.43. The summed E-state index contributed by atoms with van der Waals surface area (Å²) >= 11 is 0. The Bertz CT molecular complexity index is 1130. The molecule has 3 rings (SSSR count). The molecule has 1 amide bonds. The van der Waals surface area contributed by atoms with Crippen LogP contribution in [0.3, 0.4) is 0 Å². The average Bonchev–Trinajstić information content (AvgIpc) is 2.80. The zero-order valence-electron chi connectivity index (χ0n) is 19.4. The smallest absolute Gasteiger partial charge is 0.394 e. The van der Waals surface area contributed by atoms with E-state index in [0.29, 0.717) is 11.8 Å². The van der Waals surface area contributed by atoms with Crippen molar-refractivity contribution in [1.82, 2.24) is 14.9 Å². The number of nitrogens with one attached hydrogen (secondary N) is 1. The number of anilines is 1. The summed E-state index contributed by atoms with van der Waals surface area (Å²) in [5, 5.41) is 2.76. The van der Waals surface area contributed by atoms with Crippen LogP contribution in [0.1, 0.15) is 24.6 Å². The summed E-state index contributed by atoms with van der Waals surface area (Å²) in [6.45, 7) is 0.526. The largest absolute Gasteiger partial charge is 0.434 e. The number of halogens is 6. The van der Waals surface area contributed by atoms with Gasteiger partial charge in [0.1, 0.15) is 17.3 Å². The van der Waals surface area contributed by atoms with Crippen molar-refractivity contribution < 1.29 is 31.1 Å². The van der Waals surface area contributed by atoms with Gasteiger partial charge in [-0.15, -0.1) is 0 Å². The summed E-state index contributed by atoms with van der Waals surface area (Å²) in [6, 6.07) is 4.27. The van der Waals surface area contributed by atoms with Crippen LogP contribution in [0.2, 0.25) is 0 Å². The van der Waals surface area contributed by atoms with Gasteiger partial charge in [0.05, 0.1) is 25.0 Å². The van der Waals surface area contributed by atoms with Crippen LogP contribution in [0.4, 0.5) is 32.2 Å². The summed E-state index contributed by atoms with van der Waals surface area (Å²) in [5.74, 6) is -5.30. The first-order chi connectivity index (χ1) is 16.8. The van der Waals surface area contributed by atoms with Crippen LogP contribution >= 0.6 is 0 Å². The number of amides is 1. The van der Waals surface area contributed by atoms with Crippen LogP contribution in [0.25, 0.3) is 5.57 Å². The highest BCUT2D eigenvalue weighted by Crippen LogP contribution is 2.35. The van der Waals surface area contributed by atoms with Crippen molar-refractivity contribution in [3.05, 3.63) is 59.4 Å². The molecule has 1 aromatic heterocycles. The molecule has 36 heavy (non-hydrogen) atoms. The number of carbonyl (C=O) groups excluding carboxylic acids is 1. The number of rotatable bonds is 6. The van der Waals surface area contributed by atoms with Crippen molar-refractivity contribution in [2.24, 2.45) is 16.6 Å². The second-order valence-corrected chi connectivity index (χ2v) is 8.42. The zero-order valence-corrected chi connectivity index (χ0v) is 19.4. The Morgan fingerprint density at radius 1 is 1.25 bits per heavy atom. The number of benzene rings is 1. The summed E-state index contributed by atoms with van der Waals surface area (Å²) < 4.78 is 80.4. The van der Waals surface area contributed by atoms with Gasteiger partial charge in [0.2, 0.25) is 0 Å². The molecule has 0 bridgehead atoms. The van der Waals surface area contributed by atoms with Crippen LogP contribution in [0.5, 0.6) is 0 Å². The van der Waals surface area contributed by atoms with Crippen LogP contribution < -0.4 is 11.1 Å². The Balaban J connectivity index is 1.89. The van der Waals surface area contributed by atoms with Crippen LogP contribution in [0.15, 0.2) is 47.3 Å². The van der Waals surface area contributed by atoms with Crippen molar-refractivity contribution >= 4 is 23.5 Å². The van der Waals surface area contributed by atoms with Gasteiger partial charge < -0.3 is 16.0 Å². The monoisotopic (exact) mass is 514 g/mol. The van der Waals surface area contributed by atoms with E-state index in [2.05, 4.69) is 20.3 Å². The van der Waals surface area contributed by atoms with E-state index in [9.17, 15) is 31.1 Å². The molecule has 194 valence electrons. The Kier molecular flexibility index (Phi) is 7.89. The minimum absolute atomic E-state index is 0.0198. The van der Waals surface area contributed by atoms with E-state index in [1.54, 1.807) is 0 Å². The molecule has 1 aliphatic heterocycles. The number of nitrogens with zero attached hydrogens (tertiary/aromatic N) is 4. The highest BCUT2D eigenvalue weighted by molar-refractivity contribution is 6.18. The van der Waals surface area contributed by atoms with Crippen LogP contribution in [-0.2, 0) is 11.0 Å². The predicted molar refractivity (Wildman–Crippen MR) is 122 cm³/mol. The number of nitrogens with two attached hydrogens (primary N) is 1. The molecule has 2 aromatic rings. The van der Waals surface area contributed by atoms with Gasteiger partial charge in [0, 0.05) is 31.8 Å². The van der Waals surface area contributed by atoms with Crippen molar-refractivity contribution in [1.29, 1.82) is 0 Å². The number of allylic oxidation sites excluding steroid dienone is 1. The minimum atomic E-state index is -4.66. The summed E-state index contributed by atoms with van der Waals surface area (Å²) in [6.07, 6.45) is -2.48. The van der Waals surface area contributed by atoms with E-state index in [4.69, 9.17) is 5.73 Å². The highest BCUT2D eigenvalue weighted by atomic mass is 19.4. The lowest BCUT2D eigenvalue weighted by molar-refractivity contribution is -0.148. The quantitative estimate of drug-likeness (QED) is 0.345. The number of aromatic nitrogens is 2. The van der Waals surface area contributed by atoms with Gasteiger partial charge in [-0.1, -0.05) is 19.1 Å². The second kappa shape index (κ2) is 10.5. The average molecular weight is 514 g/mol. The number of alkyl halides is 5. The highest BCUT2D eigenvalue weighted by Gasteiger charge is 2.46. The van der Waals surface area contributed by atoms with Gasteiger partial charge in [-0.25, -0.2) is 23.1 Å². The third-order valence-corrected chi connectivity index (χ3v) is 5.71. The van der Waals surface area contributed by atoms with Crippen LogP contribution in [-0.4, -0.2) is 59.1 Å². The fourth-order valence-corrected chi connectivity index (χ4v) is 3.98. The molecule has 0 saturated carbocycles. The van der Waals surface area contributed by atoms with Crippen molar-refractivity contribution in [3.8, 4) is 0 Å². The van der Waals surface area contributed by atoms with Gasteiger partial charge in [0.15, 0.2) is 5.69 Å². The van der Waals surface area contributed by atoms with Gasteiger partial charge in [-0.3, -0.25) is 9.79 Å². The van der Waals surface area contributed by atoms with Gasteiger partial charge in [-0.05, 0) is 23.6 Å². The Morgan fingerprint density at radius 2 is 1.92 bits per heavy atom. The molecule has 1 fully saturated rings. The molecule has 3 N–H and O–H groups in total. The molecule has 1 aromatic carbocycles. The summed E-state index contributed by atoms with van der Waals surface area (Å²) in [7, 11) is 1.43. The van der Waals surface area contributed by atoms with Crippen molar-refractivity contribution in [3.63, 3.8) is 0 Å². The molecule has 1 unspecified atom stereocenters. The SMILES string of the molecule is CN=CC(=C(N)C(=O)N1CC(F)(F)C[C@@H](C)C1CNc1cnc(C(F)(F)F)cn1)c1ccc(F)cc1. The molecule has 0 spiro atoms. The number of aliphatic imine (C=N–C) groups is 1. The third-order valence-electron chi connectivity index (χ3n) is 5.71. The van der Waals surface area contributed by atoms with Crippen molar-refractivity contribution in [2.45, 2.75) is 31.5 Å². The van der Waals surface area contributed by atoms with Crippen LogP contribution in [0, 0.1) is 11.7 Å². The number of carbonyl (C=O) groups is 1. The molecule has 2 atom stereocenters. The predicted octanol–water partition coefficient (Wildman–Crippen LogP) is 3.99. The molecule has 2 heterocycles. The molecule has 1 aliphatic rings. The maximum Gasteiger partial charge on any atom is 0.434 e. The second-order valence-electron chi connectivity index (χ2n) is 8.42. The van der Waals surface area contributed by atoms with E-state index < -0.39 is 54.4 Å². The van der Waals surface area contributed by atoms with E-state index in [1.165, 1.54) is 32.3 Å². The normalized spacial score (nSPS) is 20.8. The first kappa shape index (κ1) is 27.0. The third kappa shape index (κ3) is 6.32. The van der Waals surface area contributed by atoms with Gasteiger partial charge >= 0.3 is 6.18 Å². The lowest BCUT2D eigenvalue weighted by atomic mass is 9.88. The summed E-state index contributed by atoms with van der Waals surface area (Å²) in [5.41, 5.74) is 5.06. The molecular weight excluding hydrogens is 490 g/mol. The maximum atomic E-state index is 14.5. The number of hydrogen-bond donors (Lipinski definition) is 2. The number of piperidine rings is 1. The Hall–Kier alpha value is -3.64. The standard InChI is InChI=1S/C23H24F6N6O/c1-13-7-22(25,26)12-35(17(13)9-33-19-11-32-18(10-34-19)23(27,28)29)21(36)20(30)16(8-31-2)14-3-5-15(24)6-4-14/h3-6,8,10-11,13,17H,7,9,12,30H2,1-2H3,(H,33,34)/t13-,17?/m1/s1. The molecule has 13 heteroatoms. The lowest BCUT2D eigenvalue weighted by Crippen LogP contribution is -2.58. The number of hydrogen-bond acceptors (Lipinski definition) is 6. The molecule has 1 saturated heterocycles. The van der Waals surface area contributed by atoms with E-state index >= 15 is 0 Å². The van der Waals surface area contributed by atoms with Crippen molar-refractivity contribution in [2.75, 3.05) is 25.5 Å². The summed E-state index contributed by atoms with van der Waals surface area (Å²) in [4.78, 5) is 25.1. The van der Waals surface area contributed by atoms with Gasteiger partial charge in [0.25, 0.3) is 11.8 Å². The van der Waals surface area contributed by atoms with Gasteiger partial charge in [-0.2, -0.15) is 13.2 Å². The van der Waals surface area contributed by atoms with E-state index in [-0.39, 0.29) is 23.6 Å². The minimum Gasteiger partial charge on any atom is -0.394 e. The fourth-order valence-electron chi connectivity index (χ4n) is 3.98. The molecule has 7 nitrogen and oxygen atoms in total. The molecular formula is C23H24F6N6O. The first-order valence-corrected chi connectivity index (χ1v) is 10.8. The first-order valence-electron chi connectivity index (χ1n) is 10.8. The zero-order chi connectivity index (χ0) is 26.7. The topological polar surface area (TPSA) is 96.5 Å².